The van der Waals surface area contributed by atoms with Crippen LogP contribution >= 0.6 is 0 Å². The summed E-state index contributed by atoms with van der Waals surface area (Å²) in [5.41, 5.74) is 3.55. The molecule has 1 fully saturated rings. The van der Waals surface area contributed by atoms with Gasteiger partial charge in [0.05, 0.1) is 0 Å². The largest absolute Gasteiger partial charge is 0.543 e. The molecule has 1 aliphatic rings. The zero-order valence-corrected chi connectivity index (χ0v) is 24.0. The molecule has 11 heteroatoms. The lowest BCUT2D eigenvalue weighted by molar-refractivity contribution is -0.148. The quantitative estimate of drug-likeness (QED) is 0.253. The molecule has 3 amide bonds. The molecule has 0 bridgehead atoms. The predicted molar refractivity (Wildman–Crippen MR) is 143 cm³/mol. The Morgan fingerprint density at radius 1 is 1.27 bits per heavy atom. The Kier molecular flexibility index (Phi) is 10.3. The summed E-state index contributed by atoms with van der Waals surface area (Å²) in [5, 5.41) is 16.0. The number of hydrazine groups is 1. The number of rotatable bonds is 11. The van der Waals surface area contributed by atoms with Crippen molar-refractivity contribution >= 4 is 32.5 Å². The smallest absolute Gasteiger partial charge is 0.322 e. The van der Waals surface area contributed by atoms with Crippen LogP contribution in [0.2, 0.25) is 18.1 Å². The first-order chi connectivity index (χ1) is 17.2. The van der Waals surface area contributed by atoms with E-state index in [9.17, 15) is 24.3 Å². The predicted octanol–water partition coefficient (Wildman–Crippen LogP) is 2.45. The van der Waals surface area contributed by atoms with Crippen molar-refractivity contribution in [1.82, 2.24) is 21.1 Å². The normalized spacial score (nSPS) is 18.1. The second-order valence-corrected chi connectivity index (χ2v) is 16.2. The van der Waals surface area contributed by atoms with Crippen LogP contribution in [-0.4, -0.2) is 67.3 Å². The van der Waals surface area contributed by atoms with Crippen LogP contribution in [0.25, 0.3) is 0 Å². The zero-order valence-electron chi connectivity index (χ0n) is 23.0. The van der Waals surface area contributed by atoms with E-state index >= 15 is 0 Å². The van der Waals surface area contributed by atoms with Crippen LogP contribution in [0.15, 0.2) is 24.3 Å². The monoisotopic (exact) mass is 534 g/mol. The summed E-state index contributed by atoms with van der Waals surface area (Å²) in [6.07, 6.45) is 1.56. The SMILES string of the molecule is CC(C)[C@H](NC=O)C(=O)N[C@@H](Cc1cccc(O[Si](C)(C)C(C)(C)C)c1)C(=O)N1CCC[C@@H](C(=O)O)N1. The van der Waals surface area contributed by atoms with Gasteiger partial charge in [-0.25, -0.2) is 5.43 Å². The van der Waals surface area contributed by atoms with Gasteiger partial charge in [0, 0.05) is 13.0 Å². The Balaban J connectivity index is 2.32. The minimum Gasteiger partial charge on any atom is -0.543 e. The maximum absolute atomic E-state index is 13.5. The molecule has 2 rings (SSSR count). The number of carbonyl (C=O) groups is 4. The molecule has 3 atom stereocenters. The Morgan fingerprint density at radius 3 is 2.51 bits per heavy atom. The maximum atomic E-state index is 13.5. The minimum atomic E-state index is -2.09. The summed E-state index contributed by atoms with van der Waals surface area (Å²) in [6, 6.07) is 4.79. The second-order valence-electron chi connectivity index (χ2n) is 11.4. The number of carboxylic acids is 1. The lowest BCUT2D eigenvalue weighted by Gasteiger charge is -2.36. The molecule has 0 spiro atoms. The first-order valence-corrected chi connectivity index (χ1v) is 15.7. The summed E-state index contributed by atoms with van der Waals surface area (Å²) in [5.74, 6) is -1.47. The van der Waals surface area contributed by atoms with Gasteiger partial charge >= 0.3 is 5.97 Å². The van der Waals surface area contributed by atoms with Crippen molar-refractivity contribution in [2.45, 2.75) is 90.1 Å². The van der Waals surface area contributed by atoms with Crippen LogP contribution in [0.4, 0.5) is 0 Å². The van der Waals surface area contributed by atoms with E-state index in [1.165, 1.54) is 5.01 Å². The van der Waals surface area contributed by atoms with Gasteiger partial charge in [-0.2, -0.15) is 0 Å². The molecule has 0 saturated carbocycles. The van der Waals surface area contributed by atoms with Gasteiger partial charge in [-0.15, -0.1) is 0 Å². The molecule has 4 N–H and O–H groups in total. The van der Waals surface area contributed by atoms with Crippen LogP contribution < -0.4 is 20.5 Å². The van der Waals surface area contributed by atoms with Gasteiger partial charge in [0.2, 0.25) is 20.6 Å². The number of carboxylic acid groups (broad SMARTS) is 1. The van der Waals surface area contributed by atoms with Crippen LogP contribution in [-0.2, 0) is 25.6 Å². The van der Waals surface area contributed by atoms with E-state index in [-0.39, 0.29) is 17.4 Å². The summed E-state index contributed by atoms with van der Waals surface area (Å²) in [6.45, 7) is 14.7. The molecule has 0 radical (unpaired) electrons. The lowest BCUT2D eigenvalue weighted by atomic mass is 10.0. The molecular weight excluding hydrogens is 492 g/mol. The summed E-state index contributed by atoms with van der Waals surface area (Å²) in [4.78, 5) is 49.2. The van der Waals surface area contributed by atoms with Gasteiger partial charge in [0.25, 0.3) is 5.91 Å². The van der Waals surface area contributed by atoms with E-state index in [4.69, 9.17) is 4.43 Å². The molecule has 1 aliphatic heterocycles. The number of benzene rings is 1. The summed E-state index contributed by atoms with van der Waals surface area (Å²) >= 11 is 0. The lowest BCUT2D eigenvalue weighted by Crippen LogP contribution is -2.61. The standard InChI is InChI=1S/C26H42N4O6Si/c1-17(2)22(27-16-31)23(32)28-21(24(33)30-13-9-12-20(29-30)25(34)35)15-18-10-8-11-19(14-18)36-37(6,7)26(3,4)5/h8,10-11,14,16-17,20-22,29H,9,12-13,15H2,1-7H3,(H,27,31)(H,28,32)(H,34,35)/t20-,21-,22-/m0/s1. The third kappa shape index (κ3) is 8.29. The van der Waals surface area contributed by atoms with Crippen molar-refractivity contribution in [3.05, 3.63) is 29.8 Å². The summed E-state index contributed by atoms with van der Waals surface area (Å²) in [7, 11) is -2.09. The highest BCUT2D eigenvalue weighted by molar-refractivity contribution is 6.74. The highest BCUT2D eigenvalue weighted by Gasteiger charge is 2.39. The number of nitrogens with one attached hydrogen (secondary N) is 3. The Hall–Kier alpha value is -2.92. The minimum absolute atomic E-state index is 0.00747. The number of nitrogens with zero attached hydrogens (tertiary/aromatic N) is 1. The molecule has 206 valence electrons. The van der Waals surface area contributed by atoms with Crippen LogP contribution in [0.3, 0.4) is 0 Å². The van der Waals surface area contributed by atoms with Gasteiger partial charge in [0.15, 0.2) is 0 Å². The van der Waals surface area contributed by atoms with Gasteiger partial charge < -0.3 is 20.2 Å². The van der Waals surface area contributed by atoms with Gasteiger partial charge in [0.1, 0.15) is 23.9 Å². The average Bonchev–Trinajstić information content (AvgIpc) is 2.80. The van der Waals surface area contributed by atoms with E-state index in [0.29, 0.717) is 31.5 Å². The fourth-order valence-electron chi connectivity index (χ4n) is 3.84. The van der Waals surface area contributed by atoms with Gasteiger partial charge in [-0.3, -0.25) is 24.2 Å². The van der Waals surface area contributed by atoms with Crippen molar-refractivity contribution in [1.29, 1.82) is 0 Å². The molecule has 1 aromatic rings. The molecule has 0 aliphatic carbocycles. The highest BCUT2D eigenvalue weighted by atomic mass is 28.4. The van der Waals surface area contributed by atoms with E-state index < -0.39 is 44.2 Å². The average molecular weight is 535 g/mol. The van der Waals surface area contributed by atoms with Crippen molar-refractivity contribution < 1.29 is 28.7 Å². The van der Waals surface area contributed by atoms with Crippen molar-refractivity contribution in [2.24, 2.45) is 5.92 Å². The van der Waals surface area contributed by atoms with Gasteiger partial charge in [-0.1, -0.05) is 46.8 Å². The first-order valence-electron chi connectivity index (χ1n) is 12.7. The molecule has 1 aromatic carbocycles. The van der Waals surface area contributed by atoms with Crippen LogP contribution in [0, 0.1) is 5.92 Å². The molecular formula is C26H42N4O6Si. The third-order valence-corrected chi connectivity index (χ3v) is 11.4. The maximum Gasteiger partial charge on any atom is 0.322 e. The summed E-state index contributed by atoms with van der Waals surface area (Å²) < 4.78 is 6.42. The van der Waals surface area contributed by atoms with E-state index in [1.807, 2.05) is 24.3 Å². The molecule has 0 unspecified atom stereocenters. The zero-order chi connectivity index (χ0) is 28.0. The number of hydrogen-bond acceptors (Lipinski definition) is 6. The third-order valence-electron chi connectivity index (χ3n) is 7.08. The molecule has 1 heterocycles. The number of hydrogen-bond donors (Lipinski definition) is 4. The molecule has 10 nitrogen and oxygen atoms in total. The Bertz CT molecular complexity index is 978. The first kappa shape index (κ1) is 30.3. The Morgan fingerprint density at radius 2 is 1.95 bits per heavy atom. The molecule has 0 aromatic heterocycles. The molecule has 1 saturated heterocycles. The second kappa shape index (κ2) is 12.5. The number of carbonyl (C=O) groups excluding carboxylic acids is 3. The van der Waals surface area contributed by atoms with Gasteiger partial charge in [-0.05, 0) is 54.6 Å². The Labute approximate surface area is 220 Å². The highest BCUT2D eigenvalue weighted by Crippen LogP contribution is 2.37. The fourth-order valence-corrected chi connectivity index (χ4v) is 4.86. The fraction of sp³-hybridized carbons (Fsp3) is 0.615. The van der Waals surface area contributed by atoms with E-state index in [1.54, 1.807) is 13.8 Å². The van der Waals surface area contributed by atoms with Crippen LogP contribution in [0.5, 0.6) is 5.75 Å². The number of amides is 3. The van der Waals surface area contributed by atoms with Crippen molar-refractivity contribution in [3.8, 4) is 5.75 Å². The van der Waals surface area contributed by atoms with Crippen molar-refractivity contribution in [3.63, 3.8) is 0 Å². The van der Waals surface area contributed by atoms with Crippen molar-refractivity contribution in [2.75, 3.05) is 6.54 Å². The topological polar surface area (TPSA) is 137 Å². The number of aliphatic carboxylic acids is 1. The van der Waals surface area contributed by atoms with E-state index in [0.717, 1.165) is 5.56 Å². The molecule has 37 heavy (non-hydrogen) atoms. The van der Waals surface area contributed by atoms with E-state index in [2.05, 4.69) is 49.9 Å². The van der Waals surface area contributed by atoms with Crippen LogP contribution in [0.1, 0.15) is 53.0 Å².